The molecule has 0 spiro atoms. The van der Waals surface area contributed by atoms with Crippen LogP contribution in [0.5, 0.6) is 0 Å². The van der Waals surface area contributed by atoms with Crippen LogP contribution in [0.15, 0.2) is 0 Å². The lowest BCUT2D eigenvalue weighted by molar-refractivity contribution is 0.0312. The monoisotopic (exact) mass is 184 g/mol. The second-order valence-electron chi connectivity index (χ2n) is 3.40. The van der Waals surface area contributed by atoms with E-state index in [-0.39, 0.29) is 6.04 Å². The van der Waals surface area contributed by atoms with Crippen molar-refractivity contribution in [3.63, 3.8) is 0 Å². The summed E-state index contributed by atoms with van der Waals surface area (Å²) in [5, 5.41) is 21.6. The number of hydrogen-bond donors (Lipinski definition) is 2. The van der Waals surface area contributed by atoms with E-state index in [0.717, 1.165) is 19.3 Å². The molecule has 0 saturated carbocycles. The molecule has 0 fully saturated rings. The van der Waals surface area contributed by atoms with Gasteiger partial charge in [-0.1, -0.05) is 20.8 Å². The third-order valence-electron chi connectivity index (χ3n) is 2.56. The Morgan fingerprint density at radius 2 is 1.92 bits per heavy atom. The van der Waals surface area contributed by atoms with Crippen molar-refractivity contribution in [3.05, 3.63) is 0 Å². The Kier molecular flexibility index (Phi) is 5.68. The Bertz CT molecular complexity index is 170. The van der Waals surface area contributed by atoms with Crippen molar-refractivity contribution in [1.82, 2.24) is 5.32 Å². The fraction of sp³-hybridized carbons (Fsp3) is 0.900. The molecule has 0 aromatic carbocycles. The van der Waals surface area contributed by atoms with E-state index in [9.17, 15) is 5.11 Å². The molecule has 0 rings (SSSR count). The lowest BCUT2D eigenvalue weighted by Gasteiger charge is -2.26. The minimum absolute atomic E-state index is 0.135. The highest BCUT2D eigenvalue weighted by Gasteiger charge is 2.22. The Labute approximate surface area is 80.8 Å². The zero-order valence-electron chi connectivity index (χ0n) is 8.80. The predicted molar refractivity (Wildman–Crippen MR) is 53.2 cm³/mol. The smallest absolute Gasteiger partial charge is 0.0951 e. The summed E-state index contributed by atoms with van der Waals surface area (Å²) < 4.78 is 0. The normalized spacial score (nSPS) is 13.8. The first-order valence-corrected chi connectivity index (χ1v) is 4.97. The second-order valence-corrected chi connectivity index (χ2v) is 3.40. The molecular weight excluding hydrogens is 164 g/mol. The van der Waals surface area contributed by atoms with Gasteiger partial charge in [0.1, 0.15) is 0 Å². The van der Waals surface area contributed by atoms with Gasteiger partial charge in [-0.3, -0.25) is 5.32 Å². The van der Waals surface area contributed by atoms with Crippen molar-refractivity contribution < 1.29 is 5.11 Å². The molecular formula is C10H20N2O. The van der Waals surface area contributed by atoms with E-state index in [4.69, 9.17) is 5.26 Å². The Hall–Kier alpha value is -0.590. The highest BCUT2D eigenvalue weighted by molar-refractivity contribution is 4.91. The first-order chi connectivity index (χ1) is 6.11. The molecule has 0 saturated heterocycles. The summed E-state index contributed by atoms with van der Waals surface area (Å²) in [5.74, 6) is 0. The summed E-state index contributed by atoms with van der Waals surface area (Å²) in [7, 11) is 0. The number of aliphatic hydroxyl groups is 1. The molecule has 0 heterocycles. The van der Waals surface area contributed by atoms with Gasteiger partial charge in [-0.2, -0.15) is 5.26 Å². The van der Waals surface area contributed by atoms with E-state index >= 15 is 0 Å². The van der Waals surface area contributed by atoms with Crippen LogP contribution < -0.4 is 5.32 Å². The SMILES string of the molecule is CCC(C#N)NCC(O)(CC)CC. The van der Waals surface area contributed by atoms with Crippen molar-refractivity contribution in [3.8, 4) is 6.07 Å². The largest absolute Gasteiger partial charge is 0.389 e. The molecule has 0 aliphatic carbocycles. The van der Waals surface area contributed by atoms with Crippen LogP contribution in [0.3, 0.4) is 0 Å². The van der Waals surface area contributed by atoms with Gasteiger partial charge in [-0.25, -0.2) is 0 Å². The van der Waals surface area contributed by atoms with Crippen LogP contribution >= 0.6 is 0 Å². The van der Waals surface area contributed by atoms with E-state index in [1.165, 1.54) is 0 Å². The lowest BCUT2D eigenvalue weighted by Crippen LogP contribution is -2.43. The number of nitrogens with one attached hydrogen (secondary N) is 1. The van der Waals surface area contributed by atoms with Gasteiger partial charge in [0.05, 0.1) is 17.7 Å². The standard InChI is InChI=1S/C10H20N2O/c1-4-9(7-11)12-8-10(13,5-2)6-3/h9,12-13H,4-6,8H2,1-3H3. The Balaban J connectivity index is 3.92. The first kappa shape index (κ1) is 12.4. The summed E-state index contributed by atoms with van der Waals surface area (Å²) in [6, 6.07) is 2.02. The third kappa shape index (κ3) is 4.25. The van der Waals surface area contributed by atoms with Crippen molar-refractivity contribution in [2.45, 2.75) is 51.7 Å². The lowest BCUT2D eigenvalue weighted by atomic mass is 9.97. The van der Waals surface area contributed by atoms with Gasteiger partial charge in [-0.05, 0) is 19.3 Å². The van der Waals surface area contributed by atoms with Gasteiger partial charge in [0.15, 0.2) is 0 Å². The fourth-order valence-electron chi connectivity index (χ4n) is 1.09. The van der Waals surface area contributed by atoms with E-state index < -0.39 is 5.60 Å². The molecule has 0 aromatic heterocycles. The molecule has 0 radical (unpaired) electrons. The molecule has 76 valence electrons. The Morgan fingerprint density at radius 3 is 2.23 bits per heavy atom. The molecule has 1 unspecified atom stereocenters. The maximum Gasteiger partial charge on any atom is 0.0951 e. The van der Waals surface area contributed by atoms with E-state index in [1.807, 2.05) is 20.8 Å². The minimum Gasteiger partial charge on any atom is -0.389 e. The quantitative estimate of drug-likeness (QED) is 0.656. The van der Waals surface area contributed by atoms with Crippen LogP contribution in [0.2, 0.25) is 0 Å². The maximum atomic E-state index is 9.90. The van der Waals surface area contributed by atoms with Gasteiger partial charge in [0.2, 0.25) is 0 Å². The van der Waals surface area contributed by atoms with Crippen LogP contribution in [0.4, 0.5) is 0 Å². The summed E-state index contributed by atoms with van der Waals surface area (Å²) in [6.07, 6.45) is 2.22. The number of nitriles is 1. The highest BCUT2D eigenvalue weighted by Crippen LogP contribution is 2.13. The van der Waals surface area contributed by atoms with Gasteiger partial charge < -0.3 is 5.11 Å². The van der Waals surface area contributed by atoms with Crippen LogP contribution in [0.1, 0.15) is 40.0 Å². The fourth-order valence-corrected chi connectivity index (χ4v) is 1.09. The number of rotatable bonds is 6. The topological polar surface area (TPSA) is 56.0 Å². The highest BCUT2D eigenvalue weighted by atomic mass is 16.3. The third-order valence-corrected chi connectivity index (χ3v) is 2.56. The molecule has 2 N–H and O–H groups in total. The maximum absolute atomic E-state index is 9.90. The molecule has 0 amide bonds. The zero-order valence-corrected chi connectivity index (χ0v) is 8.80. The average Bonchev–Trinajstić information content (AvgIpc) is 2.19. The molecule has 3 nitrogen and oxygen atoms in total. The van der Waals surface area contributed by atoms with Crippen molar-refractivity contribution in [1.29, 1.82) is 5.26 Å². The molecule has 0 bridgehead atoms. The Morgan fingerprint density at radius 1 is 1.38 bits per heavy atom. The predicted octanol–water partition coefficient (Wildman–Crippen LogP) is 1.43. The summed E-state index contributed by atoms with van der Waals surface area (Å²) >= 11 is 0. The van der Waals surface area contributed by atoms with E-state index in [1.54, 1.807) is 0 Å². The summed E-state index contributed by atoms with van der Waals surface area (Å²) in [5.41, 5.74) is -0.649. The van der Waals surface area contributed by atoms with Crippen LogP contribution in [0, 0.1) is 11.3 Å². The summed E-state index contributed by atoms with van der Waals surface area (Å²) in [4.78, 5) is 0. The zero-order chi connectivity index (χ0) is 10.3. The van der Waals surface area contributed by atoms with E-state index in [0.29, 0.717) is 6.54 Å². The van der Waals surface area contributed by atoms with Crippen molar-refractivity contribution in [2.75, 3.05) is 6.54 Å². The summed E-state index contributed by atoms with van der Waals surface area (Å²) in [6.45, 7) is 6.38. The number of hydrogen-bond acceptors (Lipinski definition) is 3. The van der Waals surface area contributed by atoms with Crippen LogP contribution in [-0.4, -0.2) is 23.3 Å². The minimum atomic E-state index is -0.649. The van der Waals surface area contributed by atoms with Gasteiger partial charge in [0.25, 0.3) is 0 Å². The molecule has 1 atom stereocenters. The van der Waals surface area contributed by atoms with Crippen LogP contribution in [-0.2, 0) is 0 Å². The van der Waals surface area contributed by atoms with E-state index in [2.05, 4.69) is 11.4 Å². The van der Waals surface area contributed by atoms with Crippen LogP contribution in [0.25, 0.3) is 0 Å². The number of nitrogens with zero attached hydrogens (tertiary/aromatic N) is 1. The molecule has 0 aliphatic rings. The molecule has 0 aliphatic heterocycles. The van der Waals surface area contributed by atoms with Gasteiger partial charge in [-0.15, -0.1) is 0 Å². The molecule has 3 heteroatoms. The second kappa shape index (κ2) is 5.95. The van der Waals surface area contributed by atoms with Gasteiger partial charge in [0, 0.05) is 6.54 Å². The van der Waals surface area contributed by atoms with Crippen molar-refractivity contribution >= 4 is 0 Å². The van der Waals surface area contributed by atoms with Crippen molar-refractivity contribution in [2.24, 2.45) is 0 Å². The molecule has 13 heavy (non-hydrogen) atoms. The average molecular weight is 184 g/mol. The first-order valence-electron chi connectivity index (χ1n) is 4.97. The van der Waals surface area contributed by atoms with Gasteiger partial charge >= 0.3 is 0 Å². The molecule has 0 aromatic rings.